The highest BCUT2D eigenvalue weighted by atomic mass is 35.5. The minimum Gasteiger partial charge on any atom is -0.334 e. The lowest BCUT2D eigenvalue weighted by molar-refractivity contribution is 0.425. The van der Waals surface area contributed by atoms with Crippen molar-refractivity contribution in [2.75, 3.05) is 5.75 Å². The predicted octanol–water partition coefficient (Wildman–Crippen LogP) is 4.42. The Balaban J connectivity index is 1.95. The first kappa shape index (κ1) is 13.4. The number of rotatable bonds is 6. The van der Waals surface area contributed by atoms with Gasteiger partial charge >= 0.3 is 0 Å². The standard InChI is InChI=1S/C13H15ClN2OS/c1-2-3-8-18-9-12-15-13(17-16-12)10-4-6-11(14)7-5-10/h4-7H,2-3,8-9H2,1H3. The van der Waals surface area contributed by atoms with E-state index in [2.05, 4.69) is 17.1 Å². The third-order valence-electron chi connectivity index (χ3n) is 2.43. The average molecular weight is 283 g/mol. The molecule has 0 spiro atoms. The second kappa shape index (κ2) is 6.81. The fraction of sp³-hybridized carbons (Fsp3) is 0.385. The van der Waals surface area contributed by atoms with Crippen LogP contribution in [0.4, 0.5) is 0 Å². The second-order valence-electron chi connectivity index (χ2n) is 3.93. The molecule has 18 heavy (non-hydrogen) atoms. The van der Waals surface area contributed by atoms with Gasteiger partial charge in [0.1, 0.15) is 0 Å². The second-order valence-corrected chi connectivity index (χ2v) is 5.47. The Bertz CT molecular complexity index is 484. The number of nitrogens with zero attached hydrogens (tertiary/aromatic N) is 2. The van der Waals surface area contributed by atoms with Gasteiger partial charge in [-0.2, -0.15) is 16.7 Å². The van der Waals surface area contributed by atoms with Crippen molar-refractivity contribution in [2.45, 2.75) is 25.5 Å². The quantitative estimate of drug-likeness (QED) is 0.735. The number of thioether (sulfide) groups is 1. The number of halogens is 1. The maximum absolute atomic E-state index is 5.83. The van der Waals surface area contributed by atoms with Gasteiger partial charge in [-0.3, -0.25) is 0 Å². The van der Waals surface area contributed by atoms with Crippen LogP contribution in [0.3, 0.4) is 0 Å². The van der Waals surface area contributed by atoms with Crippen LogP contribution in [0, 0.1) is 0 Å². The fourth-order valence-corrected chi connectivity index (χ4v) is 2.50. The van der Waals surface area contributed by atoms with E-state index >= 15 is 0 Å². The van der Waals surface area contributed by atoms with E-state index in [-0.39, 0.29) is 0 Å². The molecule has 1 aromatic heterocycles. The van der Waals surface area contributed by atoms with Crippen molar-refractivity contribution in [1.29, 1.82) is 0 Å². The summed E-state index contributed by atoms with van der Waals surface area (Å²) >= 11 is 7.67. The van der Waals surface area contributed by atoms with E-state index in [4.69, 9.17) is 16.1 Å². The van der Waals surface area contributed by atoms with Crippen molar-refractivity contribution in [3.63, 3.8) is 0 Å². The minimum atomic E-state index is 0.553. The van der Waals surface area contributed by atoms with Gasteiger partial charge in [-0.15, -0.1) is 0 Å². The zero-order valence-corrected chi connectivity index (χ0v) is 11.8. The molecule has 1 aromatic carbocycles. The Morgan fingerprint density at radius 3 is 2.78 bits per heavy atom. The van der Waals surface area contributed by atoms with Crippen molar-refractivity contribution < 1.29 is 4.52 Å². The molecule has 0 saturated carbocycles. The molecular weight excluding hydrogens is 268 g/mol. The lowest BCUT2D eigenvalue weighted by Gasteiger charge is -1.95. The SMILES string of the molecule is CCCCSCc1noc(-c2ccc(Cl)cc2)n1. The molecule has 0 fully saturated rings. The van der Waals surface area contributed by atoms with E-state index < -0.39 is 0 Å². The maximum Gasteiger partial charge on any atom is 0.257 e. The normalized spacial score (nSPS) is 10.8. The molecule has 0 bridgehead atoms. The van der Waals surface area contributed by atoms with Crippen molar-refractivity contribution in [1.82, 2.24) is 10.1 Å². The van der Waals surface area contributed by atoms with Gasteiger partial charge in [-0.05, 0) is 36.4 Å². The largest absolute Gasteiger partial charge is 0.334 e. The van der Waals surface area contributed by atoms with Gasteiger partial charge in [0.05, 0.1) is 5.75 Å². The van der Waals surface area contributed by atoms with Gasteiger partial charge in [0.15, 0.2) is 5.82 Å². The molecule has 5 heteroatoms. The van der Waals surface area contributed by atoms with Gasteiger partial charge < -0.3 is 4.52 Å². The van der Waals surface area contributed by atoms with Crippen LogP contribution in [0.5, 0.6) is 0 Å². The first-order valence-corrected chi connectivity index (χ1v) is 7.49. The van der Waals surface area contributed by atoms with Gasteiger partial charge in [0.25, 0.3) is 5.89 Å². The van der Waals surface area contributed by atoms with E-state index in [9.17, 15) is 0 Å². The molecule has 0 unspecified atom stereocenters. The highest BCUT2D eigenvalue weighted by Gasteiger charge is 2.08. The summed E-state index contributed by atoms with van der Waals surface area (Å²) in [5.41, 5.74) is 0.900. The molecule has 96 valence electrons. The zero-order valence-electron chi connectivity index (χ0n) is 10.2. The Hall–Kier alpha value is -1.00. The Morgan fingerprint density at radius 1 is 1.28 bits per heavy atom. The van der Waals surface area contributed by atoms with Crippen LogP contribution in [0.2, 0.25) is 5.02 Å². The number of hydrogen-bond acceptors (Lipinski definition) is 4. The van der Waals surface area contributed by atoms with Crippen LogP contribution in [0.25, 0.3) is 11.5 Å². The molecule has 0 atom stereocenters. The van der Waals surface area contributed by atoms with E-state index in [1.54, 1.807) is 0 Å². The van der Waals surface area contributed by atoms with E-state index in [0.29, 0.717) is 10.9 Å². The minimum absolute atomic E-state index is 0.553. The van der Waals surface area contributed by atoms with Crippen LogP contribution < -0.4 is 0 Å². The molecule has 2 aromatic rings. The third-order valence-corrected chi connectivity index (χ3v) is 3.72. The summed E-state index contributed by atoms with van der Waals surface area (Å²) in [6.45, 7) is 2.19. The summed E-state index contributed by atoms with van der Waals surface area (Å²) in [5, 5.41) is 4.68. The molecule has 3 nitrogen and oxygen atoms in total. The van der Waals surface area contributed by atoms with Crippen LogP contribution in [0.15, 0.2) is 28.8 Å². The topological polar surface area (TPSA) is 38.9 Å². The van der Waals surface area contributed by atoms with Crippen molar-refractivity contribution in [3.8, 4) is 11.5 Å². The van der Waals surface area contributed by atoms with E-state index in [1.807, 2.05) is 36.0 Å². The Labute approximate surface area is 116 Å². The van der Waals surface area contributed by atoms with E-state index in [1.165, 1.54) is 12.8 Å². The van der Waals surface area contributed by atoms with Crippen LogP contribution >= 0.6 is 23.4 Å². The van der Waals surface area contributed by atoms with Crippen LogP contribution in [0.1, 0.15) is 25.6 Å². The number of benzene rings is 1. The van der Waals surface area contributed by atoms with Crippen LogP contribution in [-0.2, 0) is 5.75 Å². The summed E-state index contributed by atoms with van der Waals surface area (Å²) in [4.78, 5) is 4.37. The Morgan fingerprint density at radius 2 is 2.06 bits per heavy atom. The van der Waals surface area contributed by atoms with Gasteiger partial charge in [0.2, 0.25) is 0 Å². The summed E-state index contributed by atoms with van der Waals surface area (Å²) in [7, 11) is 0. The highest BCUT2D eigenvalue weighted by Crippen LogP contribution is 2.21. The van der Waals surface area contributed by atoms with Gasteiger partial charge in [-0.25, -0.2) is 0 Å². The number of unbranched alkanes of at least 4 members (excludes halogenated alkanes) is 1. The molecule has 1 heterocycles. The smallest absolute Gasteiger partial charge is 0.257 e. The van der Waals surface area contributed by atoms with Gasteiger partial charge in [0, 0.05) is 10.6 Å². The van der Waals surface area contributed by atoms with E-state index in [0.717, 1.165) is 22.9 Å². The monoisotopic (exact) mass is 282 g/mol. The summed E-state index contributed by atoms with van der Waals surface area (Å²) < 4.78 is 5.23. The molecule has 0 aliphatic rings. The molecule has 0 aliphatic carbocycles. The van der Waals surface area contributed by atoms with Crippen molar-refractivity contribution >= 4 is 23.4 Å². The number of hydrogen-bond donors (Lipinski definition) is 0. The maximum atomic E-state index is 5.83. The lowest BCUT2D eigenvalue weighted by Crippen LogP contribution is -1.86. The molecular formula is C13H15ClN2OS. The molecule has 0 N–H and O–H groups in total. The molecule has 0 amide bonds. The first-order valence-electron chi connectivity index (χ1n) is 5.96. The average Bonchev–Trinajstić information content (AvgIpc) is 2.84. The molecule has 0 saturated heterocycles. The Kier molecular flexibility index (Phi) is 5.08. The summed E-state index contributed by atoms with van der Waals surface area (Å²) in [5.74, 6) is 3.25. The highest BCUT2D eigenvalue weighted by molar-refractivity contribution is 7.98. The van der Waals surface area contributed by atoms with Crippen molar-refractivity contribution in [3.05, 3.63) is 35.1 Å². The lowest BCUT2D eigenvalue weighted by atomic mass is 10.2. The zero-order chi connectivity index (χ0) is 12.8. The third kappa shape index (κ3) is 3.75. The fourth-order valence-electron chi connectivity index (χ4n) is 1.43. The van der Waals surface area contributed by atoms with Crippen molar-refractivity contribution in [2.24, 2.45) is 0 Å². The summed E-state index contributed by atoms with van der Waals surface area (Å²) in [6, 6.07) is 7.39. The predicted molar refractivity (Wildman–Crippen MR) is 75.8 cm³/mol. The van der Waals surface area contributed by atoms with Crippen LogP contribution in [-0.4, -0.2) is 15.9 Å². The molecule has 0 aliphatic heterocycles. The summed E-state index contributed by atoms with van der Waals surface area (Å²) in [6.07, 6.45) is 2.45. The van der Waals surface area contributed by atoms with Gasteiger partial charge in [-0.1, -0.05) is 30.1 Å². The number of aromatic nitrogens is 2. The molecule has 0 radical (unpaired) electrons. The first-order chi connectivity index (χ1) is 8.79. The molecule has 2 rings (SSSR count).